The van der Waals surface area contributed by atoms with Crippen LogP contribution in [0.4, 0.5) is 5.82 Å². The van der Waals surface area contributed by atoms with Crippen molar-refractivity contribution in [2.45, 2.75) is 13.0 Å². The molecular weight excluding hydrogens is 325 g/mol. The van der Waals surface area contributed by atoms with Gasteiger partial charge in [0.25, 0.3) is 0 Å². The maximum atomic E-state index is 7.14. The molecular formula is C14H17Cl2N5O. The third-order valence-corrected chi connectivity index (χ3v) is 3.21. The lowest BCUT2D eigenvalue weighted by atomic mass is 10.3. The van der Waals surface area contributed by atoms with Crippen molar-refractivity contribution in [2.24, 2.45) is 0 Å². The van der Waals surface area contributed by atoms with Gasteiger partial charge in [-0.1, -0.05) is 0 Å². The van der Waals surface area contributed by atoms with E-state index in [1.54, 1.807) is 6.26 Å². The SMILES string of the molecule is Cl.[2H]C([2H])([2H])NCCc1cc2c(NCc3ccco3)nc(Cl)nc2[nH]1. The van der Waals surface area contributed by atoms with E-state index in [2.05, 4.69) is 25.6 Å². The second kappa shape index (κ2) is 7.49. The predicted octanol–water partition coefficient (Wildman–Crippen LogP) is 3.00. The lowest BCUT2D eigenvalue weighted by molar-refractivity contribution is 0.518. The van der Waals surface area contributed by atoms with Crippen molar-refractivity contribution in [1.82, 2.24) is 20.3 Å². The largest absolute Gasteiger partial charge is 0.467 e. The van der Waals surface area contributed by atoms with E-state index in [0.717, 1.165) is 16.8 Å². The molecule has 0 aliphatic rings. The number of hydrogen-bond donors (Lipinski definition) is 3. The molecule has 0 saturated heterocycles. The topological polar surface area (TPSA) is 78.8 Å². The molecule has 0 bridgehead atoms. The molecule has 118 valence electrons. The number of fused-ring (bicyclic) bond motifs is 1. The summed E-state index contributed by atoms with van der Waals surface area (Å²) in [6, 6.07) is 5.55. The van der Waals surface area contributed by atoms with E-state index in [9.17, 15) is 0 Å². The number of nitrogens with zero attached hydrogens (tertiary/aromatic N) is 2. The first-order chi connectivity index (χ1) is 11.4. The molecule has 0 amide bonds. The first-order valence-electron chi connectivity index (χ1n) is 7.97. The van der Waals surface area contributed by atoms with E-state index in [1.807, 2.05) is 18.2 Å². The summed E-state index contributed by atoms with van der Waals surface area (Å²) in [6.07, 6.45) is 2.12. The maximum Gasteiger partial charge on any atom is 0.226 e. The number of hydrogen-bond acceptors (Lipinski definition) is 5. The second-order valence-corrected chi connectivity index (χ2v) is 4.85. The van der Waals surface area contributed by atoms with E-state index < -0.39 is 6.98 Å². The minimum Gasteiger partial charge on any atom is -0.467 e. The molecule has 3 aromatic heterocycles. The van der Waals surface area contributed by atoms with Crippen molar-refractivity contribution in [3.8, 4) is 0 Å². The highest BCUT2D eigenvalue weighted by atomic mass is 35.5. The Kier molecular flexibility index (Phi) is 4.34. The standard InChI is InChI=1S/C14H16ClN5O.ClH/c1-16-5-4-9-7-11-12(17-8-10-3-2-6-21-10)19-14(15)20-13(11)18-9;/h2-3,6-7,16H,4-5,8H2,1H3,(H2,17,18,19,20);1H/i1D3;. The Morgan fingerprint density at radius 3 is 3.14 bits per heavy atom. The van der Waals surface area contributed by atoms with Crippen LogP contribution in [-0.2, 0) is 13.0 Å². The molecule has 3 aromatic rings. The van der Waals surface area contributed by atoms with Gasteiger partial charge < -0.3 is 20.0 Å². The first-order valence-corrected chi connectivity index (χ1v) is 6.85. The van der Waals surface area contributed by atoms with Crippen molar-refractivity contribution in [2.75, 3.05) is 18.8 Å². The van der Waals surface area contributed by atoms with E-state index >= 15 is 0 Å². The summed E-state index contributed by atoms with van der Waals surface area (Å²) in [5.74, 6) is 1.36. The van der Waals surface area contributed by atoms with Crippen LogP contribution in [0, 0.1) is 0 Å². The number of likely N-dealkylation sites (N-methyl/N-ethyl adjacent to an activating group) is 1. The summed E-state index contributed by atoms with van der Waals surface area (Å²) in [7, 11) is 0. The van der Waals surface area contributed by atoms with E-state index in [-0.39, 0.29) is 17.7 Å². The zero-order valence-corrected chi connectivity index (χ0v) is 13.1. The van der Waals surface area contributed by atoms with Gasteiger partial charge >= 0.3 is 0 Å². The van der Waals surface area contributed by atoms with Gasteiger partial charge in [0.1, 0.15) is 17.2 Å². The molecule has 0 spiro atoms. The van der Waals surface area contributed by atoms with Crippen molar-refractivity contribution >= 4 is 40.9 Å². The fourth-order valence-electron chi connectivity index (χ4n) is 2.09. The Morgan fingerprint density at radius 1 is 1.45 bits per heavy atom. The number of aromatic nitrogens is 3. The fourth-order valence-corrected chi connectivity index (χ4v) is 2.26. The van der Waals surface area contributed by atoms with Gasteiger partial charge in [0.2, 0.25) is 5.28 Å². The Morgan fingerprint density at radius 2 is 2.36 bits per heavy atom. The third kappa shape index (κ3) is 3.71. The molecule has 3 heterocycles. The Balaban J connectivity index is 0.00000225. The van der Waals surface area contributed by atoms with Crippen LogP contribution < -0.4 is 10.6 Å². The number of anilines is 1. The van der Waals surface area contributed by atoms with Gasteiger partial charge in [0.05, 0.1) is 18.2 Å². The zero-order chi connectivity index (χ0) is 17.2. The van der Waals surface area contributed by atoms with Gasteiger partial charge in [0, 0.05) is 16.4 Å². The Bertz CT molecular complexity index is 820. The molecule has 6 nitrogen and oxygen atoms in total. The number of nitrogens with one attached hydrogen (secondary N) is 3. The smallest absolute Gasteiger partial charge is 0.226 e. The van der Waals surface area contributed by atoms with E-state index in [1.165, 1.54) is 0 Å². The van der Waals surface area contributed by atoms with Gasteiger partial charge in [-0.3, -0.25) is 0 Å². The molecule has 0 saturated carbocycles. The zero-order valence-electron chi connectivity index (χ0n) is 14.5. The number of rotatable bonds is 6. The van der Waals surface area contributed by atoms with Gasteiger partial charge in [-0.25, -0.2) is 4.98 Å². The average Bonchev–Trinajstić information content (AvgIpc) is 3.12. The summed E-state index contributed by atoms with van der Waals surface area (Å²) in [5.41, 5.74) is 1.44. The van der Waals surface area contributed by atoms with Gasteiger partial charge in [-0.15, -0.1) is 12.4 Å². The summed E-state index contributed by atoms with van der Waals surface area (Å²) in [6.45, 7) is -1.36. The molecule has 0 fully saturated rings. The summed E-state index contributed by atoms with van der Waals surface area (Å²) < 4.78 is 26.7. The van der Waals surface area contributed by atoms with E-state index in [4.69, 9.17) is 20.1 Å². The highest BCUT2D eigenvalue weighted by Crippen LogP contribution is 2.23. The van der Waals surface area contributed by atoms with Crippen molar-refractivity contribution in [3.05, 3.63) is 41.2 Å². The van der Waals surface area contributed by atoms with Gasteiger partial charge in [0.15, 0.2) is 0 Å². The van der Waals surface area contributed by atoms with Crippen LogP contribution in [0.1, 0.15) is 15.6 Å². The second-order valence-electron chi connectivity index (χ2n) is 4.51. The molecule has 0 radical (unpaired) electrons. The molecule has 0 aliphatic carbocycles. The van der Waals surface area contributed by atoms with Gasteiger partial charge in [-0.05, 0) is 43.2 Å². The molecule has 3 N–H and O–H groups in total. The van der Waals surface area contributed by atoms with Crippen LogP contribution in [0.5, 0.6) is 0 Å². The highest BCUT2D eigenvalue weighted by molar-refractivity contribution is 6.28. The maximum absolute atomic E-state index is 7.14. The van der Waals surface area contributed by atoms with Crippen LogP contribution in [0.15, 0.2) is 28.9 Å². The third-order valence-electron chi connectivity index (χ3n) is 3.05. The molecule has 22 heavy (non-hydrogen) atoms. The number of furan rings is 1. The Hall–Kier alpha value is -1.76. The molecule has 0 aromatic carbocycles. The molecule has 3 rings (SSSR count). The quantitative estimate of drug-likeness (QED) is 0.599. The first kappa shape index (κ1) is 12.8. The summed E-state index contributed by atoms with van der Waals surface area (Å²) in [5, 5.41) is 6.55. The van der Waals surface area contributed by atoms with Crippen LogP contribution >= 0.6 is 24.0 Å². The van der Waals surface area contributed by atoms with Crippen molar-refractivity contribution in [3.63, 3.8) is 0 Å². The van der Waals surface area contributed by atoms with E-state index in [0.29, 0.717) is 31.0 Å². The van der Waals surface area contributed by atoms with Crippen LogP contribution in [0.25, 0.3) is 11.0 Å². The normalized spacial score (nSPS) is 13.2. The Labute approximate surface area is 143 Å². The minimum atomic E-state index is -2.15. The van der Waals surface area contributed by atoms with Crippen LogP contribution in [0.3, 0.4) is 0 Å². The number of aromatic amines is 1. The molecule has 0 aliphatic heterocycles. The van der Waals surface area contributed by atoms with Gasteiger partial charge in [-0.2, -0.15) is 4.98 Å². The lowest BCUT2D eigenvalue weighted by Crippen LogP contribution is -2.10. The summed E-state index contributed by atoms with van der Waals surface area (Å²) >= 11 is 5.97. The van der Waals surface area contributed by atoms with Crippen LogP contribution in [-0.4, -0.2) is 28.5 Å². The molecule has 0 atom stereocenters. The highest BCUT2D eigenvalue weighted by Gasteiger charge is 2.10. The summed E-state index contributed by atoms with van der Waals surface area (Å²) in [4.78, 5) is 11.5. The molecule has 0 unspecified atom stereocenters. The number of H-pyrrole nitrogens is 1. The van der Waals surface area contributed by atoms with Crippen molar-refractivity contribution < 1.29 is 8.53 Å². The minimum absolute atomic E-state index is 0. The van der Waals surface area contributed by atoms with Crippen LogP contribution in [0.2, 0.25) is 5.28 Å². The average molecular weight is 345 g/mol. The number of halogens is 2. The predicted molar refractivity (Wildman–Crippen MR) is 89.8 cm³/mol. The monoisotopic (exact) mass is 344 g/mol. The van der Waals surface area contributed by atoms with Crippen molar-refractivity contribution in [1.29, 1.82) is 0 Å². The lowest BCUT2D eigenvalue weighted by Gasteiger charge is -2.04. The fraction of sp³-hybridized carbons (Fsp3) is 0.286. The molecule has 8 heteroatoms.